The number of pyridine rings is 1. The average molecular weight is 446 g/mol. The first-order chi connectivity index (χ1) is 13.4. The summed E-state index contributed by atoms with van der Waals surface area (Å²) in [7, 11) is -5.38. The van der Waals surface area contributed by atoms with Gasteiger partial charge in [-0.05, 0) is 24.5 Å². The van der Waals surface area contributed by atoms with E-state index in [1.165, 1.54) is 0 Å². The number of benzene rings is 1. The minimum atomic E-state index is -5.38. The van der Waals surface area contributed by atoms with Crippen LogP contribution in [0.2, 0.25) is 0 Å². The lowest BCUT2D eigenvalue weighted by atomic mass is 10.1. The summed E-state index contributed by atoms with van der Waals surface area (Å²) >= 11 is 0. The lowest BCUT2D eigenvalue weighted by molar-refractivity contribution is -0.138. The van der Waals surface area contributed by atoms with Crippen LogP contribution in [0.1, 0.15) is 24.0 Å². The number of halogens is 8. The quantitative estimate of drug-likeness (QED) is 0.394. The van der Waals surface area contributed by atoms with E-state index in [4.69, 9.17) is 0 Å². The SMILES string of the molecule is O=S(=O)(c1c(F)c(F)c(F)c(F)c1F)N(Cc1cnccc1C(F)(F)F)C1CC1. The highest BCUT2D eigenvalue weighted by atomic mass is 32.2. The second kappa shape index (κ2) is 7.20. The Morgan fingerprint density at radius 1 is 0.966 bits per heavy atom. The molecule has 3 rings (SSSR count). The van der Waals surface area contributed by atoms with E-state index in [1.54, 1.807) is 0 Å². The van der Waals surface area contributed by atoms with Crippen molar-refractivity contribution in [3.8, 4) is 0 Å². The summed E-state index contributed by atoms with van der Waals surface area (Å²) in [6, 6.07) is -0.387. The molecular weight excluding hydrogens is 436 g/mol. The van der Waals surface area contributed by atoms with Gasteiger partial charge in [-0.15, -0.1) is 0 Å². The molecule has 1 aromatic carbocycles. The maximum Gasteiger partial charge on any atom is 0.416 e. The van der Waals surface area contributed by atoms with E-state index in [9.17, 15) is 43.5 Å². The smallest absolute Gasteiger partial charge is 0.264 e. The number of hydrogen-bond acceptors (Lipinski definition) is 3. The molecule has 2 aromatic rings. The Hall–Kier alpha value is -2.28. The fraction of sp³-hybridized carbons (Fsp3) is 0.312. The van der Waals surface area contributed by atoms with Crippen LogP contribution in [0.5, 0.6) is 0 Å². The third-order valence-electron chi connectivity index (χ3n) is 4.23. The van der Waals surface area contributed by atoms with Gasteiger partial charge in [0.2, 0.25) is 15.8 Å². The van der Waals surface area contributed by atoms with Crippen LogP contribution in [-0.2, 0) is 22.7 Å². The standard InChI is InChI=1S/C16H10F8N2O2S/c17-10-11(18)13(20)15(14(21)12(10)19)29(27,28)26(8-1-2-8)6-7-5-25-4-3-9(7)16(22,23)24/h3-5,8H,1-2,6H2. The zero-order valence-corrected chi connectivity index (χ0v) is 14.9. The number of alkyl halides is 3. The summed E-state index contributed by atoms with van der Waals surface area (Å²) in [5.74, 6) is -12.7. The van der Waals surface area contributed by atoms with Gasteiger partial charge in [0.05, 0.1) is 5.56 Å². The molecule has 0 bridgehead atoms. The molecule has 0 radical (unpaired) electrons. The Kier molecular flexibility index (Phi) is 5.32. The van der Waals surface area contributed by atoms with Crippen LogP contribution >= 0.6 is 0 Å². The molecule has 0 spiro atoms. The van der Waals surface area contributed by atoms with Crippen molar-refractivity contribution in [3.63, 3.8) is 0 Å². The van der Waals surface area contributed by atoms with Gasteiger partial charge in [0, 0.05) is 25.0 Å². The molecule has 1 heterocycles. The van der Waals surface area contributed by atoms with Gasteiger partial charge in [0.25, 0.3) is 0 Å². The fourth-order valence-electron chi connectivity index (χ4n) is 2.70. The van der Waals surface area contributed by atoms with Crippen LogP contribution in [0.3, 0.4) is 0 Å². The van der Waals surface area contributed by atoms with Crippen LogP contribution in [0, 0.1) is 29.1 Å². The van der Waals surface area contributed by atoms with Crippen LogP contribution in [0.25, 0.3) is 0 Å². The van der Waals surface area contributed by atoms with E-state index in [-0.39, 0.29) is 17.1 Å². The highest BCUT2D eigenvalue weighted by molar-refractivity contribution is 7.89. The fourth-order valence-corrected chi connectivity index (χ4v) is 4.48. The highest BCUT2D eigenvalue weighted by Crippen LogP contribution is 2.38. The van der Waals surface area contributed by atoms with Crippen molar-refractivity contribution in [1.29, 1.82) is 0 Å². The van der Waals surface area contributed by atoms with Crippen molar-refractivity contribution >= 4 is 10.0 Å². The Morgan fingerprint density at radius 2 is 1.48 bits per heavy atom. The van der Waals surface area contributed by atoms with E-state index in [0.29, 0.717) is 12.3 Å². The van der Waals surface area contributed by atoms with E-state index < -0.39 is 73.9 Å². The lowest BCUT2D eigenvalue weighted by Crippen LogP contribution is -2.35. The number of hydrogen-bond donors (Lipinski definition) is 0. The van der Waals surface area contributed by atoms with Gasteiger partial charge in [-0.1, -0.05) is 0 Å². The van der Waals surface area contributed by atoms with Gasteiger partial charge in [-0.25, -0.2) is 30.4 Å². The minimum absolute atomic E-state index is 0.135. The minimum Gasteiger partial charge on any atom is -0.264 e. The number of nitrogens with zero attached hydrogens (tertiary/aromatic N) is 2. The van der Waals surface area contributed by atoms with E-state index in [2.05, 4.69) is 4.98 Å². The molecule has 0 atom stereocenters. The maximum absolute atomic E-state index is 14.0. The third-order valence-corrected chi connectivity index (χ3v) is 6.14. The largest absolute Gasteiger partial charge is 0.416 e. The summed E-state index contributed by atoms with van der Waals surface area (Å²) in [6.45, 7) is -1.02. The van der Waals surface area contributed by atoms with Crippen molar-refractivity contribution < 1.29 is 43.5 Å². The Bertz CT molecular complexity index is 1040. The number of rotatable bonds is 5. The van der Waals surface area contributed by atoms with E-state index in [0.717, 1.165) is 6.20 Å². The van der Waals surface area contributed by atoms with Crippen molar-refractivity contribution in [1.82, 2.24) is 9.29 Å². The van der Waals surface area contributed by atoms with Gasteiger partial charge in [-0.3, -0.25) is 4.98 Å². The predicted molar refractivity (Wildman–Crippen MR) is 81.2 cm³/mol. The molecule has 1 aliphatic rings. The van der Waals surface area contributed by atoms with Crippen LogP contribution in [0.15, 0.2) is 23.4 Å². The topological polar surface area (TPSA) is 50.3 Å². The molecule has 13 heteroatoms. The zero-order chi connectivity index (χ0) is 21.7. The second-order valence-corrected chi connectivity index (χ2v) is 8.04. The Morgan fingerprint density at radius 3 is 1.97 bits per heavy atom. The van der Waals surface area contributed by atoms with Gasteiger partial charge in [0.15, 0.2) is 28.2 Å². The van der Waals surface area contributed by atoms with Gasteiger partial charge < -0.3 is 0 Å². The maximum atomic E-state index is 14.0. The van der Waals surface area contributed by atoms with Gasteiger partial charge in [0.1, 0.15) is 0 Å². The Balaban J connectivity index is 2.13. The first-order valence-corrected chi connectivity index (χ1v) is 9.34. The first-order valence-electron chi connectivity index (χ1n) is 7.90. The van der Waals surface area contributed by atoms with Crippen molar-refractivity contribution in [2.45, 2.75) is 36.5 Å². The normalized spacial score (nSPS) is 15.2. The first kappa shape index (κ1) is 21.4. The highest BCUT2D eigenvalue weighted by Gasteiger charge is 2.44. The van der Waals surface area contributed by atoms with Crippen molar-refractivity contribution in [3.05, 3.63) is 58.7 Å². The van der Waals surface area contributed by atoms with Crippen LogP contribution in [-0.4, -0.2) is 23.7 Å². The van der Waals surface area contributed by atoms with Crippen molar-refractivity contribution in [2.24, 2.45) is 0 Å². The molecule has 4 nitrogen and oxygen atoms in total. The van der Waals surface area contributed by atoms with Crippen LogP contribution in [0.4, 0.5) is 35.1 Å². The molecule has 1 fully saturated rings. The predicted octanol–water partition coefficient (Wildman–Crippen LogP) is 4.15. The van der Waals surface area contributed by atoms with Gasteiger partial charge in [-0.2, -0.15) is 17.5 Å². The van der Waals surface area contributed by atoms with Gasteiger partial charge >= 0.3 is 6.18 Å². The number of aromatic nitrogens is 1. The zero-order valence-electron chi connectivity index (χ0n) is 14.1. The molecule has 158 valence electrons. The monoisotopic (exact) mass is 446 g/mol. The summed E-state index contributed by atoms with van der Waals surface area (Å²) in [5.41, 5.74) is -1.88. The molecule has 29 heavy (non-hydrogen) atoms. The van der Waals surface area contributed by atoms with Crippen molar-refractivity contribution in [2.75, 3.05) is 0 Å². The lowest BCUT2D eigenvalue weighted by Gasteiger charge is -2.24. The second-order valence-electron chi connectivity index (χ2n) is 6.21. The molecule has 0 saturated heterocycles. The molecule has 0 N–H and O–H groups in total. The Labute approximate surface area is 158 Å². The van der Waals surface area contributed by atoms with Crippen LogP contribution < -0.4 is 0 Å². The molecule has 1 aliphatic carbocycles. The molecule has 0 amide bonds. The van der Waals surface area contributed by atoms with E-state index >= 15 is 0 Å². The molecular formula is C16H10F8N2O2S. The summed E-state index contributed by atoms with van der Waals surface area (Å²) in [6.07, 6.45) is -3.09. The number of sulfonamides is 1. The third kappa shape index (κ3) is 3.80. The average Bonchev–Trinajstić information content (AvgIpc) is 3.47. The van der Waals surface area contributed by atoms with E-state index in [1.807, 2.05) is 0 Å². The molecule has 0 unspecified atom stereocenters. The summed E-state index contributed by atoms with van der Waals surface area (Å²) in [4.78, 5) is 1.37. The summed E-state index contributed by atoms with van der Waals surface area (Å²) in [5, 5.41) is 0. The molecule has 1 saturated carbocycles. The molecule has 1 aromatic heterocycles. The molecule has 0 aliphatic heterocycles. The summed E-state index contributed by atoms with van der Waals surface area (Å²) < 4.78 is 133.